The topological polar surface area (TPSA) is 67.1 Å². The van der Waals surface area contributed by atoms with Crippen LogP contribution in [0.1, 0.15) is 45.4 Å². The molecule has 0 fully saturated rings. The largest absolute Gasteiger partial charge is 0.356 e. The van der Waals surface area contributed by atoms with E-state index < -0.39 is 0 Å². The van der Waals surface area contributed by atoms with Crippen molar-refractivity contribution in [2.75, 3.05) is 13.6 Å². The van der Waals surface area contributed by atoms with E-state index in [0.717, 1.165) is 18.3 Å². The normalized spacial score (nSPS) is 12.7. The van der Waals surface area contributed by atoms with Crippen LogP contribution < -0.4 is 10.6 Å². The van der Waals surface area contributed by atoms with E-state index in [-0.39, 0.29) is 24.0 Å². The van der Waals surface area contributed by atoms with E-state index in [1.54, 1.807) is 13.4 Å². The van der Waals surface area contributed by atoms with E-state index in [4.69, 9.17) is 0 Å². The summed E-state index contributed by atoms with van der Waals surface area (Å²) in [4.78, 5) is 4.24. The molecule has 122 valence electrons. The van der Waals surface area contributed by atoms with Gasteiger partial charge in [-0.05, 0) is 12.3 Å². The highest BCUT2D eigenvalue weighted by atomic mass is 127. The van der Waals surface area contributed by atoms with Gasteiger partial charge in [-0.3, -0.25) is 4.99 Å². The maximum absolute atomic E-state index is 4.24. The van der Waals surface area contributed by atoms with E-state index in [1.165, 1.54) is 25.7 Å². The molecule has 1 rings (SSSR count). The van der Waals surface area contributed by atoms with Gasteiger partial charge in [0.05, 0.1) is 6.54 Å². The van der Waals surface area contributed by atoms with Crippen LogP contribution in [-0.2, 0) is 13.6 Å². The first-order valence-electron chi connectivity index (χ1n) is 7.48. The van der Waals surface area contributed by atoms with E-state index >= 15 is 0 Å². The van der Waals surface area contributed by atoms with Crippen molar-refractivity contribution in [3.63, 3.8) is 0 Å². The lowest BCUT2D eigenvalue weighted by molar-refractivity contribution is 0.443. The Bertz CT molecular complexity index is 404. The summed E-state index contributed by atoms with van der Waals surface area (Å²) in [6.07, 6.45) is 6.74. The summed E-state index contributed by atoms with van der Waals surface area (Å²) in [6.45, 7) is 6.08. The quantitative estimate of drug-likeness (QED) is 0.394. The van der Waals surface area contributed by atoms with Crippen molar-refractivity contribution >= 4 is 29.9 Å². The molecule has 7 heteroatoms. The van der Waals surface area contributed by atoms with Crippen molar-refractivity contribution in [1.29, 1.82) is 0 Å². The van der Waals surface area contributed by atoms with Crippen LogP contribution in [0.25, 0.3) is 0 Å². The summed E-state index contributed by atoms with van der Waals surface area (Å²) in [6, 6.07) is 0. The Kier molecular flexibility index (Phi) is 11.3. The summed E-state index contributed by atoms with van der Waals surface area (Å²) >= 11 is 0. The highest BCUT2D eigenvalue weighted by Gasteiger charge is 2.07. The Morgan fingerprint density at radius 2 is 2.14 bits per heavy atom. The lowest BCUT2D eigenvalue weighted by atomic mass is 9.99. The number of hydrogen-bond donors (Lipinski definition) is 2. The molecule has 1 aromatic heterocycles. The number of unbranched alkanes of at least 4 members (excludes halogenated alkanes) is 1. The van der Waals surface area contributed by atoms with Crippen LogP contribution in [-0.4, -0.2) is 34.3 Å². The molecule has 1 unspecified atom stereocenters. The average Bonchev–Trinajstić information content (AvgIpc) is 2.87. The predicted octanol–water partition coefficient (Wildman–Crippen LogP) is 2.31. The van der Waals surface area contributed by atoms with Gasteiger partial charge in [-0.1, -0.05) is 33.1 Å². The maximum Gasteiger partial charge on any atom is 0.191 e. The third-order valence-corrected chi connectivity index (χ3v) is 3.54. The van der Waals surface area contributed by atoms with Crippen molar-refractivity contribution in [1.82, 2.24) is 25.4 Å². The van der Waals surface area contributed by atoms with Gasteiger partial charge >= 0.3 is 0 Å². The molecule has 0 saturated heterocycles. The third kappa shape index (κ3) is 7.63. The van der Waals surface area contributed by atoms with Gasteiger partial charge in [-0.2, -0.15) is 0 Å². The fourth-order valence-corrected chi connectivity index (χ4v) is 2.03. The van der Waals surface area contributed by atoms with E-state index in [9.17, 15) is 0 Å². The summed E-state index contributed by atoms with van der Waals surface area (Å²) in [5, 5.41) is 14.6. The number of nitrogens with zero attached hydrogens (tertiary/aromatic N) is 4. The first kappa shape index (κ1) is 20.1. The Morgan fingerprint density at radius 1 is 1.38 bits per heavy atom. The Balaban J connectivity index is 0.00000400. The fraction of sp³-hybridized carbons (Fsp3) is 0.786. The van der Waals surface area contributed by atoms with Crippen LogP contribution in [0.4, 0.5) is 0 Å². The van der Waals surface area contributed by atoms with E-state index in [0.29, 0.717) is 12.5 Å². The molecule has 0 bridgehead atoms. The van der Waals surface area contributed by atoms with Gasteiger partial charge in [-0.25, -0.2) is 0 Å². The number of aryl methyl sites for hydroxylation is 1. The minimum Gasteiger partial charge on any atom is -0.356 e. The van der Waals surface area contributed by atoms with Gasteiger partial charge in [-0.15, -0.1) is 34.2 Å². The predicted molar refractivity (Wildman–Crippen MR) is 97.9 cm³/mol. The molecule has 1 heterocycles. The summed E-state index contributed by atoms with van der Waals surface area (Å²) in [5.74, 6) is 2.43. The van der Waals surface area contributed by atoms with E-state index in [2.05, 4.69) is 39.7 Å². The zero-order valence-corrected chi connectivity index (χ0v) is 15.9. The van der Waals surface area contributed by atoms with Gasteiger partial charge in [0, 0.05) is 20.6 Å². The van der Waals surface area contributed by atoms with Gasteiger partial charge < -0.3 is 15.2 Å². The molecule has 0 spiro atoms. The number of guanidine groups is 1. The van der Waals surface area contributed by atoms with Crippen molar-refractivity contribution in [2.45, 2.75) is 46.1 Å². The van der Waals surface area contributed by atoms with Crippen LogP contribution >= 0.6 is 24.0 Å². The minimum absolute atomic E-state index is 0. The second-order valence-electron chi connectivity index (χ2n) is 5.08. The van der Waals surface area contributed by atoms with Gasteiger partial charge in [0.25, 0.3) is 0 Å². The second-order valence-corrected chi connectivity index (χ2v) is 5.08. The van der Waals surface area contributed by atoms with Crippen LogP contribution in [0.5, 0.6) is 0 Å². The van der Waals surface area contributed by atoms with Crippen molar-refractivity contribution in [2.24, 2.45) is 18.0 Å². The first-order valence-corrected chi connectivity index (χ1v) is 7.48. The van der Waals surface area contributed by atoms with Crippen LogP contribution in [0.15, 0.2) is 11.3 Å². The molecular weight excluding hydrogens is 379 g/mol. The number of halogens is 1. The second kappa shape index (κ2) is 11.8. The van der Waals surface area contributed by atoms with Gasteiger partial charge in [0.2, 0.25) is 0 Å². The molecule has 0 saturated carbocycles. The first-order chi connectivity index (χ1) is 9.71. The van der Waals surface area contributed by atoms with Crippen LogP contribution in [0, 0.1) is 5.92 Å². The molecule has 6 nitrogen and oxygen atoms in total. The summed E-state index contributed by atoms with van der Waals surface area (Å²) in [5.41, 5.74) is 0. The van der Waals surface area contributed by atoms with Crippen molar-refractivity contribution in [3.8, 4) is 0 Å². The zero-order chi connectivity index (χ0) is 14.8. The van der Waals surface area contributed by atoms with Crippen LogP contribution in [0.3, 0.4) is 0 Å². The molecule has 0 radical (unpaired) electrons. The number of aliphatic imine (C=N–C) groups is 1. The smallest absolute Gasteiger partial charge is 0.191 e. The lowest BCUT2D eigenvalue weighted by Crippen LogP contribution is -2.39. The Morgan fingerprint density at radius 3 is 2.67 bits per heavy atom. The number of hydrogen-bond acceptors (Lipinski definition) is 3. The molecule has 2 N–H and O–H groups in total. The average molecular weight is 408 g/mol. The fourth-order valence-electron chi connectivity index (χ4n) is 2.03. The van der Waals surface area contributed by atoms with Crippen molar-refractivity contribution < 1.29 is 0 Å². The number of nitrogens with one attached hydrogen (secondary N) is 2. The third-order valence-electron chi connectivity index (χ3n) is 3.54. The minimum atomic E-state index is 0. The van der Waals surface area contributed by atoms with Crippen molar-refractivity contribution in [3.05, 3.63) is 12.2 Å². The molecule has 1 atom stereocenters. The SMILES string of the molecule is CCCCC(CC)CNC(=NC)NCc1nncn1C.I. The zero-order valence-electron chi connectivity index (χ0n) is 13.6. The molecule has 1 aromatic rings. The van der Waals surface area contributed by atoms with Crippen LogP contribution in [0.2, 0.25) is 0 Å². The Labute approximate surface area is 145 Å². The summed E-state index contributed by atoms with van der Waals surface area (Å²) < 4.78 is 1.90. The van der Waals surface area contributed by atoms with Gasteiger partial charge in [0.15, 0.2) is 11.8 Å². The monoisotopic (exact) mass is 408 g/mol. The molecule has 0 aliphatic rings. The number of rotatable bonds is 8. The lowest BCUT2D eigenvalue weighted by Gasteiger charge is -2.17. The molecular formula is C14H29IN6. The number of aromatic nitrogens is 3. The van der Waals surface area contributed by atoms with E-state index in [1.807, 2.05) is 11.6 Å². The standard InChI is InChI=1S/C14H28N6.HI/c1-5-7-8-12(6-2)9-16-14(15-3)17-10-13-19-18-11-20(13)4;/h11-12H,5-10H2,1-4H3,(H2,15,16,17);1H. The maximum atomic E-state index is 4.24. The molecule has 0 amide bonds. The summed E-state index contributed by atoms with van der Waals surface area (Å²) in [7, 11) is 3.73. The molecule has 21 heavy (non-hydrogen) atoms. The highest BCUT2D eigenvalue weighted by molar-refractivity contribution is 14.0. The molecule has 0 aliphatic heterocycles. The van der Waals surface area contributed by atoms with Gasteiger partial charge in [0.1, 0.15) is 6.33 Å². The molecule has 0 aliphatic carbocycles. The highest BCUT2D eigenvalue weighted by Crippen LogP contribution is 2.10. The molecule has 0 aromatic carbocycles. The Hall–Kier alpha value is -0.860.